The van der Waals surface area contributed by atoms with Gasteiger partial charge in [0.1, 0.15) is 23.1 Å². The van der Waals surface area contributed by atoms with Crippen molar-refractivity contribution in [2.75, 3.05) is 18.6 Å². The lowest BCUT2D eigenvalue weighted by Crippen LogP contribution is -2.29. The lowest BCUT2D eigenvalue weighted by atomic mass is 9.94. The minimum atomic E-state index is -1.04. The van der Waals surface area contributed by atoms with Crippen molar-refractivity contribution in [2.45, 2.75) is 19.9 Å². The zero-order valence-electron chi connectivity index (χ0n) is 19.3. The third kappa shape index (κ3) is 4.35. The van der Waals surface area contributed by atoms with Gasteiger partial charge >= 0.3 is 0 Å². The number of carbonyl (C=O) groups excluding carboxylic acids is 2. The minimum Gasteiger partial charge on any atom is -0.507 e. The van der Waals surface area contributed by atoms with Gasteiger partial charge in [-0.05, 0) is 61.9 Å². The van der Waals surface area contributed by atoms with Gasteiger partial charge < -0.3 is 14.6 Å². The van der Waals surface area contributed by atoms with Crippen LogP contribution in [0.2, 0.25) is 5.02 Å². The predicted molar refractivity (Wildman–Crippen MR) is 132 cm³/mol. The first kappa shape index (κ1) is 24.3. The number of rotatable bonds is 6. The molecule has 1 fully saturated rings. The number of methoxy groups -OCH3 is 1. The zero-order valence-corrected chi connectivity index (χ0v) is 20.1. The van der Waals surface area contributed by atoms with E-state index in [2.05, 4.69) is 0 Å². The number of halogens is 2. The summed E-state index contributed by atoms with van der Waals surface area (Å²) in [4.78, 5) is 27.8. The average Bonchev–Trinajstić information content (AvgIpc) is 3.12. The van der Waals surface area contributed by atoms with Gasteiger partial charge in [0, 0.05) is 16.8 Å². The number of hydrogen-bond donors (Lipinski definition) is 1. The number of benzene rings is 3. The summed E-state index contributed by atoms with van der Waals surface area (Å²) in [5.41, 5.74) is 1.66. The second kappa shape index (κ2) is 9.80. The Bertz CT molecular complexity index is 1350. The number of aliphatic hydroxyl groups is 1. The molecule has 3 aromatic rings. The van der Waals surface area contributed by atoms with E-state index in [1.165, 1.54) is 24.1 Å². The van der Waals surface area contributed by atoms with Crippen LogP contribution < -0.4 is 14.4 Å². The van der Waals surface area contributed by atoms with Crippen LogP contribution in [0.15, 0.2) is 66.2 Å². The second-order valence-electron chi connectivity index (χ2n) is 7.92. The zero-order chi connectivity index (χ0) is 25.3. The molecular formula is C27H23ClFNO5. The van der Waals surface area contributed by atoms with Gasteiger partial charge in [-0.15, -0.1) is 0 Å². The van der Waals surface area contributed by atoms with Crippen molar-refractivity contribution in [1.29, 1.82) is 0 Å². The molecule has 0 saturated carbocycles. The van der Waals surface area contributed by atoms with Crippen molar-refractivity contribution in [3.63, 3.8) is 0 Å². The summed E-state index contributed by atoms with van der Waals surface area (Å²) in [6, 6.07) is 14.6. The highest BCUT2D eigenvalue weighted by Crippen LogP contribution is 2.45. The number of anilines is 1. The Hall–Kier alpha value is -3.84. The van der Waals surface area contributed by atoms with E-state index < -0.39 is 23.5 Å². The number of para-hydroxylation sites is 1. The molecule has 180 valence electrons. The third-order valence-electron chi connectivity index (χ3n) is 5.81. The highest BCUT2D eigenvalue weighted by molar-refractivity contribution is 6.52. The van der Waals surface area contributed by atoms with Gasteiger partial charge in [0.25, 0.3) is 11.7 Å². The van der Waals surface area contributed by atoms with Crippen LogP contribution in [0.25, 0.3) is 5.76 Å². The predicted octanol–water partition coefficient (Wildman–Crippen LogP) is 5.82. The molecule has 0 spiro atoms. The SMILES string of the molecule is CCOc1ccc(/C(O)=C2\C(=O)C(=O)N(c3ccc(F)c(Cl)c3)C2c2ccccc2OC)cc1C. The summed E-state index contributed by atoms with van der Waals surface area (Å²) >= 11 is 5.99. The third-order valence-corrected chi connectivity index (χ3v) is 6.10. The number of amides is 1. The van der Waals surface area contributed by atoms with E-state index in [0.717, 1.165) is 11.6 Å². The standard InChI is InChI=1S/C27H23ClFNO5/c1-4-35-21-12-9-16(13-15(21)2)25(31)23-24(18-7-5-6-8-22(18)34-3)30(27(33)26(23)32)17-10-11-20(29)19(28)14-17/h5-14,24,31H,4H2,1-3H3/b25-23+. The van der Waals surface area contributed by atoms with Gasteiger partial charge in [0.05, 0.1) is 30.4 Å². The van der Waals surface area contributed by atoms with Crippen molar-refractivity contribution in [1.82, 2.24) is 0 Å². The number of ether oxygens (including phenoxy) is 2. The van der Waals surface area contributed by atoms with Crippen molar-refractivity contribution in [3.05, 3.63) is 93.8 Å². The largest absolute Gasteiger partial charge is 0.507 e. The van der Waals surface area contributed by atoms with E-state index >= 15 is 0 Å². The van der Waals surface area contributed by atoms with Crippen LogP contribution in [0, 0.1) is 12.7 Å². The summed E-state index contributed by atoms with van der Waals surface area (Å²) < 4.78 is 24.9. The topological polar surface area (TPSA) is 76.1 Å². The van der Waals surface area contributed by atoms with E-state index in [0.29, 0.717) is 29.2 Å². The molecule has 1 saturated heterocycles. The van der Waals surface area contributed by atoms with Crippen LogP contribution in [0.5, 0.6) is 11.5 Å². The summed E-state index contributed by atoms with van der Waals surface area (Å²) in [5.74, 6) is -1.72. The summed E-state index contributed by atoms with van der Waals surface area (Å²) in [6.45, 7) is 4.16. The molecule has 1 unspecified atom stereocenters. The maximum Gasteiger partial charge on any atom is 0.300 e. The van der Waals surface area contributed by atoms with E-state index in [1.807, 2.05) is 13.8 Å². The van der Waals surface area contributed by atoms with Crippen molar-refractivity contribution in [2.24, 2.45) is 0 Å². The number of carbonyl (C=O) groups is 2. The normalized spacial score (nSPS) is 17.1. The molecule has 1 aliphatic heterocycles. The van der Waals surface area contributed by atoms with Crippen LogP contribution in [-0.2, 0) is 9.59 Å². The minimum absolute atomic E-state index is 0.122. The summed E-state index contributed by atoms with van der Waals surface area (Å²) in [6.07, 6.45) is 0. The van der Waals surface area contributed by atoms with Gasteiger partial charge in [-0.1, -0.05) is 29.8 Å². The number of nitrogens with zero attached hydrogens (tertiary/aromatic N) is 1. The van der Waals surface area contributed by atoms with Crippen LogP contribution in [0.1, 0.15) is 29.7 Å². The molecule has 1 amide bonds. The van der Waals surface area contributed by atoms with Crippen LogP contribution >= 0.6 is 11.6 Å². The fourth-order valence-electron chi connectivity index (χ4n) is 4.19. The second-order valence-corrected chi connectivity index (χ2v) is 8.33. The van der Waals surface area contributed by atoms with E-state index in [1.54, 1.807) is 42.5 Å². The first-order valence-corrected chi connectivity index (χ1v) is 11.3. The van der Waals surface area contributed by atoms with Gasteiger partial charge in [0.15, 0.2) is 0 Å². The maximum absolute atomic E-state index is 13.9. The Morgan fingerprint density at radius 3 is 2.49 bits per heavy atom. The van der Waals surface area contributed by atoms with Crippen molar-refractivity contribution >= 4 is 34.7 Å². The molecule has 6 nitrogen and oxygen atoms in total. The van der Waals surface area contributed by atoms with E-state index in [9.17, 15) is 19.1 Å². The van der Waals surface area contributed by atoms with Gasteiger partial charge in [-0.25, -0.2) is 4.39 Å². The Balaban J connectivity index is 1.96. The molecule has 4 rings (SSSR count). The lowest BCUT2D eigenvalue weighted by Gasteiger charge is -2.26. The smallest absolute Gasteiger partial charge is 0.300 e. The molecule has 8 heteroatoms. The summed E-state index contributed by atoms with van der Waals surface area (Å²) in [5, 5.41) is 11.1. The molecule has 0 radical (unpaired) electrons. The van der Waals surface area contributed by atoms with Gasteiger partial charge in [-0.2, -0.15) is 0 Å². The molecule has 0 aromatic heterocycles. The Morgan fingerprint density at radius 2 is 1.83 bits per heavy atom. The number of ketones is 1. The van der Waals surface area contributed by atoms with E-state index in [-0.39, 0.29) is 22.0 Å². The van der Waals surface area contributed by atoms with Crippen molar-refractivity contribution in [3.8, 4) is 11.5 Å². The Kier molecular flexibility index (Phi) is 6.80. The highest BCUT2D eigenvalue weighted by Gasteiger charge is 2.48. The Morgan fingerprint density at radius 1 is 1.09 bits per heavy atom. The van der Waals surface area contributed by atoms with Gasteiger partial charge in [0.2, 0.25) is 0 Å². The number of hydrogen-bond acceptors (Lipinski definition) is 5. The summed E-state index contributed by atoms with van der Waals surface area (Å²) in [7, 11) is 1.47. The van der Waals surface area contributed by atoms with Crippen molar-refractivity contribution < 1.29 is 28.6 Å². The molecule has 0 aliphatic carbocycles. The number of Topliss-reactive ketones (excluding diaryl/α,β-unsaturated/α-hetero) is 1. The quantitative estimate of drug-likeness (QED) is 0.265. The average molecular weight is 496 g/mol. The molecule has 1 N–H and O–H groups in total. The van der Waals surface area contributed by atoms with Crippen LogP contribution in [0.4, 0.5) is 10.1 Å². The monoisotopic (exact) mass is 495 g/mol. The molecule has 1 atom stereocenters. The molecule has 0 bridgehead atoms. The maximum atomic E-state index is 13.9. The van der Waals surface area contributed by atoms with Crippen LogP contribution in [-0.4, -0.2) is 30.5 Å². The van der Waals surface area contributed by atoms with Crippen LogP contribution in [0.3, 0.4) is 0 Å². The van der Waals surface area contributed by atoms with Gasteiger partial charge in [-0.3, -0.25) is 14.5 Å². The first-order valence-electron chi connectivity index (χ1n) is 10.9. The Labute approximate surface area is 207 Å². The number of aliphatic hydroxyl groups excluding tert-OH is 1. The molecule has 1 heterocycles. The molecule has 1 aliphatic rings. The molecule has 3 aromatic carbocycles. The molecular weight excluding hydrogens is 473 g/mol. The van der Waals surface area contributed by atoms with E-state index in [4.69, 9.17) is 21.1 Å². The molecule has 35 heavy (non-hydrogen) atoms. The first-order chi connectivity index (χ1) is 16.8. The number of aryl methyl sites for hydroxylation is 1. The lowest BCUT2D eigenvalue weighted by molar-refractivity contribution is -0.132. The fourth-order valence-corrected chi connectivity index (χ4v) is 4.36. The fraction of sp³-hybridized carbons (Fsp3) is 0.185. The highest BCUT2D eigenvalue weighted by atomic mass is 35.5.